The summed E-state index contributed by atoms with van der Waals surface area (Å²) in [6.45, 7) is 14.1. The summed E-state index contributed by atoms with van der Waals surface area (Å²) >= 11 is 0. The highest BCUT2D eigenvalue weighted by molar-refractivity contribution is 6.05. The molecule has 0 amide bonds. The van der Waals surface area contributed by atoms with Crippen LogP contribution in [0.4, 0.5) is 0 Å². The van der Waals surface area contributed by atoms with Gasteiger partial charge in [0.15, 0.2) is 11.4 Å². The minimum atomic E-state index is -1.49. The third kappa shape index (κ3) is 4.76. The van der Waals surface area contributed by atoms with Crippen LogP contribution in [0.3, 0.4) is 0 Å². The standard InChI is InChI=1S/C29H38N2O5/c1-9-29(36-8,26(34)35)19-11-10-17-15-31(25(30)20(17)14-19)16-23(32)18-12-21(27(2,3)4)24(33)22(13-18)28(5,6)7/h10-14,30,33H,9,15-16H2,1-8H3,(H,34,35). The van der Waals surface area contributed by atoms with E-state index >= 15 is 0 Å². The summed E-state index contributed by atoms with van der Waals surface area (Å²) in [7, 11) is 1.37. The molecule has 1 atom stereocenters. The van der Waals surface area contributed by atoms with Gasteiger partial charge < -0.3 is 19.8 Å². The molecule has 0 radical (unpaired) electrons. The lowest BCUT2D eigenvalue weighted by Crippen LogP contribution is -2.37. The van der Waals surface area contributed by atoms with Crippen LogP contribution in [0, 0.1) is 5.41 Å². The van der Waals surface area contributed by atoms with Crippen LogP contribution >= 0.6 is 0 Å². The van der Waals surface area contributed by atoms with E-state index in [4.69, 9.17) is 10.1 Å². The maximum atomic E-state index is 13.5. The van der Waals surface area contributed by atoms with Crippen molar-refractivity contribution in [3.05, 3.63) is 63.7 Å². The Morgan fingerprint density at radius 1 is 1.03 bits per heavy atom. The van der Waals surface area contributed by atoms with Crippen LogP contribution in [-0.2, 0) is 32.5 Å². The van der Waals surface area contributed by atoms with Gasteiger partial charge in [0.25, 0.3) is 0 Å². The number of carboxylic acid groups (broad SMARTS) is 1. The number of benzene rings is 2. The Bertz CT molecular complexity index is 1180. The maximum Gasteiger partial charge on any atom is 0.340 e. The number of rotatable bonds is 7. The fourth-order valence-corrected chi connectivity index (χ4v) is 4.81. The number of ketones is 1. The number of nitrogens with one attached hydrogen (secondary N) is 1. The van der Waals surface area contributed by atoms with Gasteiger partial charge in [-0.15, -0.1) is 0 Å². The molecular formula is C29H38N2O5. The van der Waals surface area contributed by atoms with Gasteiger partial charge in [-0.05, 0) is 46.6 Å². The number of carbonyl (C=O) groups is 2. The third-order valence-electron chi connectivity index (χ3n) is 7.08. The summed E-state index contributed by atoms with van der Waals surface area (Å²) in [6.07, 6.45) is 0.236. The molecule has 194 valence electrons. The van der Waals surface area contributed by atoms with Crippen molar-refractivity contribution in [3.63, 3.8) is 0 Å². The van der Waals surface area contributed by atoms with Crippen molar-refractivity contribution in [1.82, 2.24) is 4.90 Å². The predicted octanol–water partition coefficient (Wildman–Crippen LogP) is 5.35. The second-order valence-corrected chi connectivity index (χ2v) is 11.6. The average molecular weight is 495 g/mol. The molecule has 0 saturated carbocycles. The Morgan fingerprint density at radius 2 is 1.58 bits per heavy atom. The Hall–Kier alpha value is -3.19. The van der Waals surface area contributed by atoms with Gasteiger partial charge in [-0.3, -0.25) is 10.2 Å². The molecule has 1 unspecified atom stereocenters. The van der Waals surface area contributed by atoms with E-state index in [0.29, 0.717) is 34.4 Å². The first-order valence-electron chi connectivity index (χ1n) is 12.2. The summed E-state index contributed by atoms with van der Waals surface area (Å²) in [4.78, 5) is 27.2. The number of aliphatic carboxylic acids is 1. The number of amidine groups is 1. The summed E-state index contributed by atoms with van der Waals surface area (Å²) in [6, 6.07) is 8.76. The number of nitrogens with zero attached hydrogens (tertiary/aromatic N) is 1. The predicted molar refractivity (Wildman–Crippen MR) is 140 cm³/mol. The summed E-state index contributed by atoms with van der Waals surface area (Å²) in [5, 5.41) is 29.5. The molecule has 1 aliphatic rings. The number of ether oxygens (including phenoxy) is 1. The van der Waals surface area contributed by atoms with E-state index in [1.54, 1.807) is 36.1 Å². The first-order valence-corrected chi connectivity index (χ1v) is 12.2. The van der Waals surface area contributed by atoms with Crippen LogP contribution in [0.25, 0.3) is 0 Å². The lowest BCUT2D eigenvalue weighted by molar-refractivity contribution is -0.164. The van der Waals surface area contributed by atoms with Gasteiger partial charge >= 0.3 is 5.97 Å². The fourth-order valence-electron chi connectivity index (χ4n) is 4.81. The van der Waals surface area contributed by atoms with E-state index in [1.807, 2.05) is 47.6 Å². The first-order chi connectivity index (χ1) is 16.6. The number of phenols is 1. The Balaban J connectivity index is 1.94. The van der Waals surface area contributed by atoms with E-state index in [9.17, 15) is 19.8 Å². The van der Waals surface area contributed by atoms with E-state index in [0.717, 1.165) is 5.56 Å². The number of methoxy groups -OCH3 is 1. The van der Waals surface area contributed by atoms with Gasteiger partial charge in [0.1, 0.15) is 11.6 Å². The van der Waals surface area contributed by atoms with Gasteiger partial charge in [-0.1, -0.05) is 60.6 Å². The molecule has 36 heavy (non-hydrogen) atoms. The van der Waals surface area contributed by atoms with Crippen molar-refractivity contribution in [3.8, 4) is 5.75 Å². The van der Waals surface area contributed by atoms with Gasteiger partial charge in [-0.2, -0.15) is 0 Å². The molecule has 0 spiro atoms. The number of hydrogen-bond donors (Lipinski definition) is 3. The summed E-state index contributed by atoms with van der Waals surface area (Å²) in [5.41, 5.74) is 1.67. The first kappa shape index (κ1) is 27.4. The van der Waals surface area contributed by atoms with Crippen molar-refractivity contribution in [2.75, 3.05) is 13.7 Å². The molecule has 0 bridgehead atoms. The second kappa shape index (κ2) is 9.36. The SMILES string of the molecule is CCC(OC)(C(=O)O)c1ccc2c(c1)C(=N)N(CC(=O)c1cc(C(C)(C)C)c(O)c(C(C)(C)C)c1)C2. The van der Waals surface area contributed by atoms with E-state index in [2.05, 4.69) is 0 Å². The number of Topliss-reactive ketones (excluding diaryl/α,β-unsaturated/α-hetero) is 1. The number of carbonyl (C=O) groups excluding carboxylic acids is 1. The Kier molecular flexibility index (Phi) is 7.12. The van der Waals surface area contributed by atoms with Crippen molar-refractivity contribution in [1.29, 1.82) is 5.41 Å². The third-order valence-corrected chi connectivity index (χ3v) is 7.08. The second-order valence-electron chi connectivity index (χ2n) is 11.6. The number of fused-ring (bicyclic) bond motifs is 1. The molecule has 1 aliphatic heterocycles. The van der Waals surface area contributed by atoms with Crippen LogP contribution in [-0.4, -0.2) is 46.4 Å². The molecule has 7 heteroatoms. The zero-order valence-corrected chi connectivity index (χ0v) is 22.6. The van der Waals surface area contributed by atoms with Gasteiger partial charge in [0.2, 0.25) is 0 Å². The molecule has 2 aromatic rings. The molecule has 1 heterocycles. The number of phenolic OH excluding ortho intramolecular Hbond substituents is 1. The molecule has 0 aromatic heterocycles. The molecule has 0 fully saturated rings. The number of carboxylic acids is 1. The number of aromatic hydroxyl groups is 1. The van der Waals surface area contributed by atoms with Gasteiger partial charge in [-0.25, -0.2) is 4.79 Å². The van der Waals surface area contributed by atoms with Gasteiger partial charge in [0, 0.05) is 35.9 Å². The molecule has 2 aromatic carbocycles. The monoisotopic (exact) mass is 494 g/mol. The molecular weight excluding hydrogens is 456 g/mol. The lowest BCUT2D eigenvalue weighted by Gasteiger charge is -2.28. The summed E-state index contributed by atoms with van der Waals surface area (Å²) in [5.74, 6) is -0.830. The van der Waals surface area contributed by atoms with Crippen LogP contribution < -0.4 is 0 Å². The zero-order chi connectivity index (χ0) is 27.2. The van der Waals surface area contributed by atoms with Crippen LogP contribution in [0.1, 0.15) is 93.1 Å². The number of hydrogen-bond acceptors (Lipinski definition) is 5. The maximum absolute atomic E-state index is 13.5. The normalized spacial score (nSPS) is 15.6. The van der Waals surface area contributed by atoms with Crippen LogP contribution in [0.2, 0.25) is 0 Å². The molecule has 3 N–H and O–H groups in total. The fraction of sp³-hybridized carbons (Fsp3) is 0.483. The highest BCUT2D eigenvalue weighted by Crippen LogP contribution is 2.40. The van der Waals surface area contributed by atoms with Crippen molar-refractivity contribution in [2.45, 2.75) is 77.9 Å². The Labute approximate surface area is 213 Å². The van der Waals surface area contributed by atoms with Crippen molar-refractivity contribution < 1.29 is 24.5 Å². The highest BCUT2D eigenvalue weighted by Gasteiger charge is 2.40. The van der Waals surface area contributed by atoms with E-state index < -0.39 is 11.6 Å². The topological polar surface area (TPSA) is 111 Å². The minimum absolute atomic E-state index is 0.00289. The average Bonchev–Trinajstić information content (AvgIpc) is 3.08. The largest absolute Gasteiger partial charge is 0.507 e. The zero-order valence-electron chi connectivity index (χ0n) is 22.6. The highest BCUT2D eigenvalue weighted by atomic mass is 16.5. The molecule has 0 aliphatic carbocycles. The smallest absolute Gasteiger partial charge is 0.340 e. The quantitative estimate of drug-likeness (QED) is 0.448. The molecule has 3 rings (SSSR count). The molecule has 0 saturated heterocycles. The van der Waals surface area contributed by atoms with Crippen LogP contribution in [0.15, 0.2) is 30.3 Å². The molecule has 7 nitrogen and oxygen atoms in total. The lowest BCUT2D eigenvalue weighted by atomic mass is 9.78. The minimum Gasteiger partial charge on any atom is -0.507 e. The van der Waals surface area contributed by atoms with Crippen molar-refractivity contribution in [2.24, 2.45) is 0 Å². The van der Waals surface area contributed by atoms with E-state index in [1.165, 1.54) is 7.11 Å². The van der Waals surface area contributed by atoms with Gasteiger partial charge in [0.05, 0.1) is 6.54 Å². The Morgan fingerprint density at radius 3 is 2.03 bits per heavy atom. The van der Waals surface area contributed by atoms with E-state index in [-0.39, 0.29) is 41.2 Å². The van der Waals surface area contributed by atoms with Crippen molar-refractivity contribution >= 4 is 17.6 Å². The van der Waals surface area contributed by atoms with Crippen LogP contribution in [0.5, 0.6) is 5.75 Å². The summed E-state index contributed by atoms with van der Waals surface area (Å²) < 4.78 is 5.41.